The summed E-state index contributed by atoms with van der Waals surface area (Å²) in [5, 5.41) is 0. The number of rotatable bonds is 14. The molecule has 0 bridgehead atoms. The molecule has 1 aliphatic carbocycles. The fourth-order valence-electron chi connectivity index (χ4n) is 4.92. The van der Waals surface area contributed by atoms with Crippen LogP contribution in [0.2, 0.25) is 0 Å². The SMILES string of the molecule is CC(C)(CC(F)(C1CCCCC1)C(C)(F)F)C(=O)OCCC(C(F)(F)F)C(F)(F)C(F)(F)C(F)(F)C(F)(F)C(F)(F)C(F)F. The summed E-state index contributed by atoms with van der Waals surface area (Å²) in [6.45, 7) is -0.351. The summed E-state index contributed by atoms with van der Waals surface area (Å²) < 4.78 is 250. The molecule has 0 saturated heterocycles. The molecule has 1 saturated carbocycles. The Kier molecular flexibility index (Phi) is 11.4. The lowest BCUT2D eigenvalue weighted by Gasteiger charge is -2.43. The molecular weight excluding hydrogens is 662 g/mol. The minimum atomic E-state index is -8.22. The van der Waals surface area contributed by atoms with Gasteiger partial charge in [-0.1, -0.05) is 19.3 Å². The maximum atomic E-state index is 15.8. The highest BCUT2D eigenvalue weighted by Crippen LogP contribution is 2.61. The van der Waals surface area contributed by atoms with Crippen LogP contribution in [0.5, 0.6) is 0 Å². The van der Waals surface area contributed by atoms with Crippen molar-refractivity contribution in [1.82, 2.24) is 0 Å². The number of hydrogen-bond acceptors (Lipinski definition) is 2. The average molecular weight is 690 g/mol. The first-order valence-electron chi connectivity index (χ1n) is 12.7. The van der Waals surface area contributed by atoms with Crippen LogP contribution in [0, 0.1) is 17.3 Å². The van der Waals surface area contributed by atoms with E-state index in [1.807, 2.05) is 0 Å². The van der Waals surface area contributed by atoms with Gasteiger partial charge < -0.3 is 4.74 Å². The summed E-state index contributed by atoms with van der Waals surface area (Å²) in [5.74, 6) is -51.6. The van der Waals surface area contributed by atoms with Gasteiger partial charge >= 0.3 is 48.2 Å². The van der Waals surface area contributed by atoms with Crippen molar-refractivity contribution in [3.05, 3.63) is 0 Å². The van der Waals surface area contributed by atoms with Crippen LogP contribution in [-0.2, 0) is 9.53 Å². The molecular formula is C24H28F18O2. The van der Waals surface area contributed by atoms with Crippen LogP contribution >= 0.6 is 0 Å². The number of halogens is 18. The van der Waals surface area contributed by atoms with Gasteiger partial charge in [-0.2, -0.15) is 57.1 Å². The second-order valence-electron chi connectivity index (χ2n) is 11.4. The molecule has 0 spiro atoms. The monoisotopic (exact) mass is 690 g/mol. The molecule has 2 unspecified atom stereocenters. The zero-order valence-corrected chi connectivity index (χ0v) is 23.0. The Morgan fingerprint density at radius 2 is 1.11 bits per heavy atom. The van der Waals surface area contributed by atoms with Gasteiger partial charge in [-0.15, -0.1) is 0 Å². The standard InChI is InChI=1S/C24H28F18O2/c1-16(2,11-18(29,17(3,27)28)12-7-5-4-6-8-12)15(43)44-10-9-13(21(34,35)36)19(30,31)22(37,38)24(41,42)23(39,40)20(32,33)14(25)26/h12-14H,4-11H2,1-3H3. The number of carbonyl (C=O) groups excluding carboxylic acids is 1. The van der Waals surface area contributed by atoms with E-state index >= 15 is 4.39 Å². The van der Waals surface area contributed by atoms with Crippen LogP contribution in [-0.4, -0.2) is 66.4 Å². The summed E-state index contributed by atoms with van der Waals surface area (Å²) in [5.41, 5.74) is -5.77. The van der Waals surface area contributed by atoms with Crippen molar-refractivity contribution in [2.24, 2.45) is 17.3 Å². The number of alkyl halides is 18. The van der Waals surface area contributed by atoms with E-state index in [0.29, 0.717) is 19.3 Å². The number of ether oxygens (including phenoxy) is 1. The van der Waals surface area contributed by atoms with Gasteiger partial charge in [0.2, 0.25) is 0 Å². The molecule has 1 rings (SSSR count). The van der Waals surface area contributed by atoms with E-state index in [0.717, 1.165) is 13.8 Å². The summed E-state index contributed by atoms with van der Waals surface area (Å²) in [6.07, 6.45) is -15.4. The quantitative estimate of drug-likeness (QED) is 0.134. The molecule has 2 atom stereocenters. The predicted molar refractivity (Wildman–Crippen MR) is 115 cm³/mol. The lowest BCUT2D eigenvalue weighted by Crippen LogP contribution is -2.70. The first-order chi connectivity index (χ1) is 19.3. The Bertz CT molecular complexity index is 979. The Morgan fingerprint density at radius 1 is 0.682 bits per heavy atom. The first kappa shape index (κ1) is 40.2. The normalized spacial score (nSPS) is 19.6. The average Bonchev–Trinajstić information content (AvgIpc) is 2.84. The summed E-state index contributed by atoms with van der Waals surface area (Å²) >= 11 is 0. The van der Waals surface area contributed by atoms with Crippen molar-refractivity contribution in [3.8, 4) is 0 Å². The van der Waals surface area contributed by atoms with Crippen LogP contribution in [0.25, 0.3) is 0 Å². The van der Waals surface area contributed by atoms with E-state index in [-0.39, 0.29) is 19.8 Å². The van der Waals surface area contributed by atoms with E-state index in [4.69, 9.17) is 0 Å². The highest BCUT2D eigenvalue weighted by atomic mass is 19.4. The highest BCUT2D eigenvalue weighted by Gasteiger charge is 2.89. The van der Waals surface area contributed by atoms with Gasteiger partial charge in [0.05, 0.1) is 12.0 Å². The van der Waals surface area contributed by atoms with Gasteiger partial charge in [-0.05, 0) is 39.0 Å². The molecule has 0 radical (unpaired) electrons. The van der Waals surface area contributed by atoms with Crippen LogP contribution < -0.4 is 0 Å². The van der Waals surface area contributed by atoms with Crippen LogP contribution in [0.1, 0.15) is 65.7 Å². The zero-order chi connectivity index (χ0) is 35.2. The summed E-state index contributed by atoms with van der Waals surface area (Å²) in [6, 6.07) is 0. The van der Waals surface area contributed by atoms with Crippen molar-refractivity contribution in [2.45, 2.75) is 120 Å². The summed E-state index contributed by atoms with van der Waals surface area (Å²) in [7, 11) is 0. The lowest BCUT2D eigenvalue weighted by atomic mass is 9.68. The third kappa shape index (κ3) is 7.12. The second-order valence-corrected chi connectivity index (χ2v) is 11.4. The molecule has 1 fully saturated rings. The van der Waals surface area contributed by atoms with Gasteiger partial charge in [0.15, 0.2) is 5.67 Å². The van der Waals surface area contributed by atoms with Crippen LogP contribution in [0.3, 0.4) is 0 Å². The second kappa shape index (κ2) is 12.4. The molecule has 0 aromatic heterocycles. The number of hydrogen-bond donors (Lipinski definition) is 0. The van der Waals surface area contributed by atoms with Crippen molar-refractivity contribution in [2.75, 3.05) is 6.61 Å². The predicted octanol–water partition coefficient (Wildman–Crippen LogP) is 9.90. The van der Waals surface area contributed by atoms with Gasteiger partial charge in [-0.25, -0.2) is 22.0 Å². The molecule has 44 heavy (non-hydrogen) atoms. The molecule has 1 aliphatic rings. The minimum Gasteiger partial charge on any atom is -0.465 e. The molecule has 0 heterocycles. The van der Waals surface area contributed by atoms with E-state index < -0.39 is 96.5 Å². The van der Waals surface area contributed by atoms with Crippen molar-refractivity contribution in [3.63, 3.8) is 0 Å². The van der Waals surface area contributed by atoms with Crippen molar-refractivity contribution < 1.29 is 88.6 Å². The van der Waals surface area contributed by atoms with E-state index in [2.05, 4.69) is 4.74 Å². The first-order valence-corrected chi connectivity index (χ1v) is 12.7. The Balaban J connectivity index is 3.29. The Morgan fingerprint density at radius 3 is 1.50 bits per heavy atom. The lowest BCUT2D eigenvalue weighted by molar-refractivity contribution is -0.427. The fraction of sp³-hybridized carbons (Fsp3) is 0.958. The molecule has 2 nitrogen and oxygen atoms in total. The van der Waals surface area contributed by atoms with Crippen LogP contribution in [0.15, 0.2) is 0 Å². The van der Waals surface area contributed by atoms with E-state index in [1.54, 1.807) is 0 Å². The van der Waals surface area contributed by atoms with Gasteiger partial charge in [0.25, 0.3) is 5.92 Å². The van der Waals surface area contributed by atoms with Gasteiger partial charge in [0, 0.05) is 13.3 Å². The fourth-order valence-corrected chi connectivity index (χ4v) is 4.92. The molecule has 0 N–H and O–H groups in total. The van der Waals surface area contributed by atoms with E-state index in [9.17, 15) is 79.4 Å². The maximum absolute atomic E-state index is 15.8. The zero-order valence-electron chi connectivity index (χ0n) is 23.0. The van der Waals surface area contributed by atoms with Crippen molar-refractivity contribution >= 4 is 5.97 Å². The molecule has 0 aromatic carbocycles. The molecule has 20 heteroatoms. The molecule has 262 valence electrons. The molecule has 0 aromatic rings. The Labute approximate surface area is 238 Å². The largest absolute Gasteiger partial charge is 0.465 e. The van der Waals surface area contributed by atoms with Gasteiger partial charge in [-0.3, -0.25) is 4.79 Å². The van der Waals surface area contributed by atoms with E-state index in [1.165, 1.54) is 0 Å². The minimum absolute atomic E-state index is 0.0471. The molecule has 0 amide bonds. The highest BCUT2D eigenvalue weighted by molar-refractivity contribution is 5.76. The smallest absolute Gasteiger partial charge is 0.397 e. The third-order valence-corrected chi connectivity index (χ3v) is 7.61. The summed E-state index contributed by atoms with van der Waals surface area (Å²) in [4.78, 5) is 12.5. The topological polar surface area (TPSA) is 26.3 Å². The maximum Gasteiger partial charge on any atom is 0.397 e. The number of carbonyl (C=O) groups is 1. The van der Waals surface area contributed by atoms with Gasteiger partial charge in [0.1, 0.15) is 5.92 Å². The molecule has 0 aliphatic heterocycles. The van der Waals surface area contributed by atoms with Crippen molar-refractivity contribution in [1.29, 1.82) is 0 Å². The number of esters is 1. The third-order valence-electron chi connectivity index (χ3n) is 7.61. The Hall–Kier alpha value is -1.79. The van der Waals surface area contributed by atoms with Crippen LogP contribution in [0.4, 0.5) is 79.0 Å².